The Kier molecular flexibility index (Phi) is 6.47. The van der Waals surface area contributed by atoms with E-state index in [1.54, 1.807) is 0 Å². The number of halogens is 1. The molecule has 0 heterocycles. The summed E-state index contributed by atoms with van der Waals surface area (Å²) in [5.74, 6) is 1.35. The van der Waals surface area contributed by atoms with Gasteiger partial charge in [-0.2, -0.15) is 0 Å². The first-order valence-electron chi connectivity index (χ1n) is 9.57. The van der Waals surface area contributed by atoms with Crippen molar-refractivity contribution in [1.82, 2.24) is 0 Å². The van der Waals surface area contributed by atoms with E-state index >= 15 is 0 Å². The van der Waals surface area contributed by atoms with Crippen LogP contribution < -0.4 is 0 Å². The zero-order valence-electron chi connectivity index (χ0n) is 15.0. The Morgan fingerprint density at radius 1 is 0.960 bits per heavy atom. The van der Waals surface area contributed by atoms with E-state index in [1.165, 1.54) is 37.7 Å². The lowest BCUT2D eigenvalue weighted by Gasteiger charge is -2.11. The molecule has 1 nitrogen and oxygen atoms in total. The molecule has 0 radical (unpaired) electrons. The van der Waals surface area contributed by atoms with Gasteiger partial charge in [0.1, 0.15) is 0 Å². The van der Waals surface area contributed by atoms with Crippen LogP contribution in [0.3, 0.4) is 0 Å². The van der Waals surface area contributed by atoms with Gasteiger partial charge < -0.3 is 0 Å². The van der Waals surface area contributed by atoms with Crippen LogP contribution in [0.1, 0.15) is 62.2 Å². The standard InChI is InChI=1S/C23H27BrO/c1-2-3-4-5-17-6-7-21(16-17)23(25)20-10-8-18(9-11-20)19-12-14-22(24)15-13-19/h8-15,17,21H,2-7,16H2,1H3/t17-,21-/m1/s1. The molecular weight excluding hydrogens is 372 g/mol. The number of rotatable bonds is 7. The molecule has 1 fully saturated rings. The molecule has 1 saturated carbocycles. The first-order chi connectivity index (χ1) is 12.2. The van der Waals surface area contributed by atoms with E-state index in [9.17, 15) is 4.79 Å². The van der Waals surface area contributed by atoms with Gasteiger partial charge in [0.2, 0.25) is 0 Å². The minimum absolute atomic E-state index is 0.241. The summed E-state index contributed by atoms with van der Waals surface area (Å²) in [7, 11) is 0. The van der Waals surface area contributed by atoms with Crippen molar-refractivity contribution in [3.63, 3.8) is 0 Å². The van der Waals surface area contributed by atoms with Gasteiger partial charge in [0.15, 0.2) is 5.78 Å². The summed E-state index contributed by atoms with van der Waals surface area (Å²) in [6, 6.07) is 16.4. The molecule has 25 heavy (non-hydrogen) atoms. The Balaban J connectivity index is 1.60. The van der Waals surface area contributed by atoms with Crippen molar-refractivity contribution < 1.29 is 4.79 Å². The number of carbonyl (C=O) groups is 1. The first-order valence-corrected chi connectivity index (χ1v) is 10.4. The normalized spacial score (nSPS) is 19.9. The highest BCUT2D eigenvalue weighted by atomic mass is 79.9. The second-order valence-electron chi connectivity index (χ2n) is 7.32. The lowest BCUT2D eigenvalue weighted by Crippen LogP contribution is -2.11. The zero-order valence-corrected chi connectivity index (χ0v) is 16.6. The molecule has 2 heteroatoms. The molecule has 0 spiro atoms. The molecule has 0 bridgehead atoms. The summed E-state index contributed by atoms with van der Waals surface area (Å²) in [6.07, 6.45) is 8.63. The average Bonchev–Trinajstić information content (AvgIpc) is 3.11. The van der Waals surface area contributed by atoms with Crippen LogP contribution in [0.15, 0.2) is 53.0 Å². The molecule has 0 unspecified atom stereocenters. The Bertz CT molecular complexity index is 687. The monoisotopic (exact) mass is 398 g/mol. The van der Waals surface area contributed by atoms with Crippen molar-refractivity contribution in [2.24, 2.45) is 11.8 Å². The highest BCUT2D eigenvalue weighted by molar-refractivity contribution is 9.10. The molecule has 0 aliphatic heterocycles. The minimum atomic E-state index is 0.241. The van der Waals surface area contributed by atoms with Crippen LogP contribution in [0, 0.1) is 11.8 Å². The number of unbranched alkanes of at least 4 members (excludes halogenated alkanes) is 2. The summed E-state index contributed by atoms with van der Waals surface area (Å²) in [5, 5.41) is 0. The summed E-state index contributed by atoms with van der Waals surface area (Å²) >= 11 is 3.47. The second kappa shape index (κ2) is 8.80. The van der Waals surface area contributed by atoms with Crippen LogP contribution in [-0.4, -0.2) is 5.78 Å². The van der Waals surface area contributed by atoms with Crippen LogP contribution in [0.2, 0.25) is 0 Å². The van der Waals surface area contributed by atoms with Crippen LogP contribution in [0.25, 0.3) is 11.1 Å². The third-order valence-corrected chi connectivity index (χ3v) is 6.00. The van der Waals surface area contributed by atoms with Gasteiger partial charge >= 0.3 is 0 Å². The van der Waals surface area contributed by atoms with E-state index in [-0.39, 0.29) is 5.92 Å². The summed E-state index contributed by atoms with van der Waals surface area (Å²) in [5.41, 5.74) is 3.21. The van der Waals surface area contributed by atoms with Crippen LogP contribution in [0.5, 0.6) is 0 Å². The largest absolute Gasteiger partial charge is 0.294 e. The maximum Gasteiger partial charge on any atom is 0.165 e. The van der Waals surface area contributed by atoms with Crippen LogP contribution in [0.4, 0.5) is 0 Å². The Morgan fingerprint density at radius 2 is 1.60 bits per heavy atom. The van der Waals surface area contributed by atoms with Crippen molar-refractivity contribution in [2.45, 2.75) is 51.9 Å². The van der Waals surface area contributed by atoms with E-state index in [4.69, 9.17) is 0 Å². The quantitative estimate of drug-likeness (QED) is 0.353. The van der Waals surface area contributed by atoms with Crippen molar-refractivity contribution in [3.8, 4) is 11.1 Å². The maximum absolute atomic E-state index is 12.8. The highest BCUT2D eigenvalue weighted by Gasteiger charge is 2.29. The number of hydrogen-bond donors (Lipinski definition) is 0. The molecule has 0 N–H and O–H groups in total. The molecule has 132 valence electrons. The fourth-order valence-electron chi connectivity index (χ4n) is 3.96. The molecule has 2 atom stereocenters. The van der Waals surface area contributed by atoms with Crippen molar-refractivity contribution in [1.29, 1.82) is 0 Å². The molecular formula is C23H27BrO. The van der Waals surface area contributed by atoms with E-state index in [2.05, 4.69) is 47.1 Å². The lowest BCUT2D eigenvalue weighted by atomic mass is 9.92. The highest BCUT2D eigenvalue weighted by Crippen LogP contribution is 2.36. The van der Waals surface area contributed by atoms with E-state index < -0.39 is 0 Å². The molecule has 0 aromatic heterocycles. The fourth-order valence-corrected chi connectivity index (χ4v) is 4.23. The van der Waals surface area contributed by atoms with E-state index in [1.807, 2.05) is 24.3 Å². The van der Waals surface area contributed by atoms with Gasteiger partial charge in [0.05, 0.1) is 0 Å². The zero-order chi connectivity index (χ0) is 17.6. The lowest BCUT2D eigenvalue weighted by molar-refractivity contribution is 0.0919. The fraction of sp³-hybridized carbons (Fsp3) is 0.435. The molecule has 0 amide bonds. The number of ketones is 1. The van der Waals surface area contributed by atoms with Crippen molar-refractivity contribution in [2.75, 3.05) is 0 Å². The topological polar surface area (TPSA) is 17.1 Å². The maximum atomic E-state index is 12.8. The molecule has 3 rings (SSSR count). The van der Waals surface area contributed by atoms with Gasteiger partial charge in [-0.3, -0.25) is 4.79 Å². The Morgan fingerprint density at radius 3 is 2.24 bits per heavy atom. The van der Waals surface area contributed by atoms with Crippen molar-refractivity contribution >= 4 is 21.7 Å². The molecule has 1 aliphatic rings. The van der Waals surface area contributed by atoms with Gasteiger partial charge in [0.25, 0.3) is 0 Å². The third kappa shape index (κ3) is 4.82. The summed E-state index contributed by atoms with van der Waals surface area (Å²) in [4.78, 5) is 12.8. The van der Waals surface area contributed by atoms with Crippen LogP contribution in [-0.2, 0) is 0 Å². The van der Waals surface area contributed by atoms with E-state index in [0.717, 1.165) is 34.4 Å². The summed E-state index contributed by atoms with van der Waals surface area (Å²) < 4.78 is 1.08. The number of benzene rings is 2. The Labute approximate surface area is 160 Å². The van der Waals surface area contributed by atoms with Gasteiger partial charge in [-0.05, 0) is 48.4 Å². The smallest absolute Gasteiger partial charge is 0.165 e. The Hall–Kier alpha value is -1.41. The van der Waals surface area contributed by atoms with Crippen molar-refractivity contribution in [3.05, 3.63) is 58.6 Å². The third-order valence-electron chi connectivity index (χ3n) is 5.47. The second-order valence-corrected chi connectivity index (χ2v) is 8.24. The molecule has 2 aromatic rings. The first kappa shape index (κ1) is 18.4. The minimum Gasteiger partial charge on any atom is -0.294 e. The van der Waals surface area contributed by atoms with E-state index in [0.29, 0.717) is 5.78 Å². The average molecular weight is 399 g/mol. The molecule has 0 saturated heterocycles. The predicted molar refractivity (Wildman–Crippen MR) is 109 cm³/mol. The predicted octanol–water partition coefficient (Wildman–Crippen LogP) is 7.30. The number of Topliss-reactive ketones (excluding diaryl/α,β-unsaturated/α-hetero) is 1. The van der Waals surface area contributed by atoms with Gasteiger partial charge in [0, 0.05) is 16.0 Å². The number of hydrogen-bond acceptors (Lipinski definition) is 1. The molecule has 2 aromatic carbocycles. The van der Waals surface area contributed by atoms with Gasteiger partial charge in [-0.1, -0.05) is 84.9 Å². The number of carbonyl (C=O) groups excluding carboxylic acids is 1. The SMILES string of the molecule is CCCCC[C@@H]1CC[C@@H](C(=O)c2ccc(-c3ccc(Br)cc3)cc2)C1. The summed E-state index contributed by atoms with van der Waals surface area (Å²) in [6.45, 7) is 2.25. The van der Waals surface area contributed by atoms with Crippen LogP contribution >= 0.6 is 15.9 Å². The van der Waals surface area contributed by atoms with Gasteiger partial charge in [-0.15, -0.1) is 0 Å². The van der Waals surface area contributed by atoms with Gasteiger partial charge in [-0.25, -0.2) is 0 Å². The molecule has 1 aliphatic carbocycles.